The highest BCUT2D eigenvalue weighted by Crippen LogP contribution is 2.29. The van der Waals surface area contributed by atoms with E-state index in [1.165, 1.54) is 13.1 Å². The molecular formula is C13H21N. The lowest BCUT2D eigenvalue weighted by Crippen LogP contribution is -2.20. The van der Waals surface area contributed by atoms with Crippen molar-refractivity contribution in [1.82, 2.24) is 4.90 Å². The summed E-state index contributed by atoms with van der Waals surface area (Å²) in [6.07, 6.45) is 8.33. The van der Waals surface area contributed by atoms with E-state index in [4.69, 9.17) is 0 Å². The van der Waals surface area contributed by atoms with Gasteiger partial charge < -0.3 is 0 Å². The zero-order valence-electron chi connectivity index (χ0n) is 8.99. The van der Waals surface area contributed by atoms with Gasteiger partial charge in [-0.1, -0.05) is 18.2 Å². The number of likely N-dealkylation sites (tertiary alicyclic amines) is 1. The second-order valence-electron chi connectivity index (χ2n) is 4.08. The van der Waals surface area contributed by atoms with Gasteiger partial charge in [-0.3, -0.25) is 4.90 Å². The molecule has 0 spiro atoms. The summed E-state index contributed by atoms with van der Waals surface area (Å²) < 4.78 is 0. The van der Waals surface area contributed by atoms with Crippen LogP contribution in [0.1, 0.15) is 12.8 Å². The van der Waals surface area contributed by atoms with E-state index in [-0.39, 0.29) is 0 Å². The topological polar surface area (TPSA) is 3.24 Å². The molecule has 14 heavy (non-hydrogen) atoms. The second-order valence-corrected chi connectivity index (χ2v) is 4.08. The Morgan fingerprint density at radius 1 is 0.929 bits per heavy atom. The molecule has 1 heteroatoms. The SMILES string of the molecule is C=CCC1CN(CC=C)CC1CC=C. The van der Waals surface area contributed by atoms with Crippen LogP contribution < -0.4 is 0 Å². The highest BCUT2D eigenvalue weighted by molar-refractivity contribution is 4.92. The summed E-state index contributed by atoms with van der Waals surface area (Å²) >= 11 is 0. The first-order chi connectivity index (χ1) is 6.81. The first-order valence-corrected chi connectivity index (χ1v) is 5.36. The molecule has 1 heterocycles. The summed E-state index contributed by atoms with van der Waals surface area (Å²) in [6, 6.07) is 0. The Morgan fingerprint density at radius 3 is 1.79 bits per heavy atom. The smallest absolute Gasteiger partial charge is 0.0160 e. The predicted octanol–water partition coefficient (Wildman–Crippen LogP) is 2.87. The molecular weight excluding hydrogens is 170 g/mol. The minimum atomic E-state index is 0.769. The van der Waals surface area contributed by atoms with E-state index in [1.54, 1.807) is 0 Å². The van der Waals surface area contributed by atoms with Crippen molar-refractivity contribution >= 4 is 0 Å². The third-order valence-electron chi connectivity index (χ3n) is 2.98. The lowest BCUT2D eigenvalue weighted by Gasteiger charge is -2.13. The van der Waals surface area contributed by atoms with Crippen LogP contribution in [0, 0.1) is 11.8 Å². The molecule has 0 saturated carbocycles. The van der Waals surface area contributed by atoms with E-state index < -0.39 is 0 Å². The van der Waals surface area contributed by atoms with Crippen LogP contribution in [0.15, 0.2) is 38.0 Å². The van der Waals surface area contributed by atoms with Crippen molar-refractivity contribution in [2.45, 2.75) is 12.8 Å². The third-order valence-corrected chi connectivity index (χ3v) is 2.98. The molecule has 1 nitrogen and oxygen atoms in total. The number of nitrogens with zero attached hydrogens (tertiary/aromatic N) is 1. The normalized spacial score (nSPS) is 27.4. The fourth-order valence-corrected chi connectivity index (χ4v) is 2.33. The Bertz CT molecular complexity index is 189. The van der Waals surface area contributed by atoms with Crippen molar-refractivity contribution < 1.29 is 0 Å². The molecule has 1 fully saturated rings. The third kappa shape index (κ3) is 2.85. The average molecular weight is 191 g/mol. The van der Waals surface area contributed by atoms with E-state index in [2.05, 4.69) is 24.6 Å². The van der Waals surface area contributed by atoms with E-state index in [9.17, 15) is 0 Å². The van der Waals surface area contributed by atoms with Gasteiger partial charge in [0.15, 0.2) is 0 Å². The summed E-state index contributed by atoms with van der Waals surface area (Å²) in [6.45, 7) is 14.8. The Kier molecular flexibility index (Phi) is 4.68. The Balaban J connectivity index is 2.49. The van der Waals surface area contributed by atoms with Crippen molar-refractivity contribution in [3.05, 3.63) is 38.0 Å². The molecule has 0 N–H and O–H groups in total. The van der Waals surface area contributed by atoms with Crippen LogP contribution in [-0.4, -0.2) is 24.5 Å². The Morgan fingerprint density at radius 2 is 1.43 bits per heavy atom. The zero-order valence-corrected chi connectivity index (χ0v) is 8.99. The molecule has 1 aliphatic rings. The second kappa shape index (κ2) is 5.82. The minimum Gasteiger partial charge on any atom is -0.299 e. The maximum absolute atomic E-state index is 3.83. The molecule has 1 saturated heterocycles. The van der Waals surface area contributed by atoms with Gasteiger partial charge in [-0.2, -0.15) is 0 Å². The summed E-state index contributed by atoms with van der Waals surface area (Å²) in [5, 5.41) is 0. The Hall–Kier alpha value is -0.820. The van der Waals surface area contributed by atoms with Crippen molar-refractivity contribution in [2.24, 2.45) is 11.8 Å². The summed E-state index contributed by atoms with van der Waals surface area (Å²) in [5.41, 5.74) is 0. The van der Waals surface area contributed by atoms with E-state index in [0.717, 1.165) is 31.2 Å². The lowest BCUT2D eigenvalue weighted by atomic mass is 9.90. The standard InChI is InChI=1S/C13H21N/c1-4-7-12-10-14(9-6-3)11-13(12)8-5-2/h4-6,12-13H,1-3,7-11H2. The van der Waals surface area contributed by atoms with Gasteiger partial charge in [0.05, 0.1) is 0 Å². The van der Waals surface area contributed by atoms with Crippen LogP contribution in [-0.2, 0) is 0 Å². The fraction of sp³-hybridized carbons (Fsp3) is 0.538. The zero-order chi connectivity index (χ0) is 10.4. The van der Waals surface area contributed by atoms with Gasteiger partial charge in [0, 0.05) is 19.6 Å². The molecule has 0 radical (unpaired) electrons. The first-order valence-electron chi connectivity index (χ1n) is 5.36. The monoisotopic (exact) mass is 191 g/mol. The van der Waals surface area contributed by atoms with Crippen LogP contribution in [0.2, 0.25) is 0 Å². The first kappa shape index (κ1) is 11.3. The molecule has 0 amide bonds. The highest BCUT2D eigenvalue weighted by atomic mass is 15.1. The van der Waals surface area contributed by atoms with Crippen LogP contribution >= 0.6 is 0 Å². The van der Waals surface area contributed by atoms with Crippen molar-refractivity contribution in [1.29, 1.82) is 0 Å². The molecule has 0 aromatic carbocycles. The van der Waals surface area contributed by atoms with Gasteiger partial charge in [-0.25, -0.2) is 0 Å². The molecule has 2 unspecified atom stereocenters. The summed E-state index contributed by atoms with van der Waals surface area (Å²) in [5.74, 6) is 1.54. The van der Waals surface area contributed by atoms with E-state index in [0.29, 0.717) is 0 Å². The largest absolute Gasteiger partial charge is 0.299 e. The molecule has 1 rings (SSSR count). The fourth-order valence-electron chi connectivity index (χ4n) is 2.33. The molecule has 0 aliphatic carbocycles. The Labute approximate surface area is 87.8 Å². The van der Waals surface area contributed by atoms with Gasteiger partial charge >= 0.3 is 0 Å². The van der Waals surface area contributed by atoms with Crippen LogP contribution in [0.4, 0.5) is 0 Å². The quantitative estimate of drug-likeness (QED) is 0.583. The van der Waals surface area contributed by atoms with Crippen LogP contribution in [0.25, 0.3) is 0 Å². The molecule has 78 valence electrons. The maximum atomic E-state index is 3.83. The van der Waals surface area contributed by atoms with E-state index >= 15 is 0 Å². The lowest BCUT2D eigenvalue weighted by molar-refractivity contribution is 0.356. The number of hydrogen-bond donors (Lipinski definition) is 0. The van der Waals surface area contributed by atoms with Crippen molar-refractivity contribution in [2.75, 3.05) is 19.6 Å². The van der Waals surface area contributed by atoms with Crippen molar-refractivity contribution in [3.8, 4) is 0 Å². The molecule has 0 aromatic rings. The minimum absolute atomic E-state index is 0.769. The maximum Gasteiger partial charge on any atom is 0.0160 e. The van der Waals surface area contributed by atoms with Gasteiger partial charge in [0.25, 0.3) is 0 Å². The number of rotatable bonds is 6. The van der Waals surface area contributed by atoms with Crippen LogP contribution in [0.5, 0.6) is 0 Å². The van der Waals surface area contributed by atoms with Crippen LogP contribution in [0.3, 0.4) is 0 Å². The number of hydrogen-bond acceptors (Lipinski definition) is 1. The van der Waals surface area contributed by atoms with E-state index in [1.807, 2.05) is 18.2 Å². The van der Waals surface area contributed by atoms with Crippen molar-refractivity contribution in [3.63, 3.8) is 0 Å². The highest BCUT2D eigenvalue weighted by Gasteiger charge is 2.29. The number of allylic oxidation sites excluding steroid dienone is 2. The summed E-state index contributed by atoms with van der Waals surface area (Å²) in [4.78, 5) is 2.47. The molecule has 0 aromatic heterocycles. The van der Waals surface area contributed by atoms with Gasteiger partial charge in [0.1, 0.15) is 0 Å². The van der Waals surface area contributed by atoms with Gasteiger partial charge in [0.2, 0.25) is 0 Å². The molecule has 0 bridgehead atoms. The van der Waals surface area contributed by atoms with Gasteiger partial charge in [-0.15, -0.1) is 19.7 Å². The molecule has 2 atom stereocenters. The molecule has 1 aliphatic heterocycles. The average Bonchev–Trinajstić information content (AvgIpc) is 2.50. The predicted molar refractivity (Wildman–Crippen MR) is 63.2 cm³/mol. The summed E-state index contributed by atoms with van der Waals surface area (Å²) in [7, 11) is 0. The van der Waals surface area contributed by atoms with Gasteiger partial charge in [-0.05, 0) is 24.7 Å².